The molecule has 104 valence electrons. The maximum atomic E-state index is 12.0. The SMILES string of the molecule is CC(C)Sc1ccc(C(=O)NCC(N)C2CC2)cc1. The summed E-state index contributed by atoms with van der Waals surface area (Å²) in [7, 11) is 0. The highest BCUT2D eigenvalue weighted by molar-refractivity contribution is 7.99. The minimum absolute atomic E-state index is 0.0304. The number of nitrogens with two attached hydrogens (primary N) is 1. The lowest BCUT2D eigenvalue weighted by molar-refractivity contribution is 0.0950. The lowest BCUT2D eigenvalue weighted by Crippen LogP contribution is -2.38. The van der Waals surface area contributed by atoms with Crippen molar-refractivity contribution < 1.29 is 4.79 Å². The third-order valence-electron chi connectivity index (χ3n) is 3.21. The lowest BCUT2D eigenvalue weighted by atomic mass is 10.2. The van der Waals surface area contributed by atoms with Crippen molar-refractivity contribution in [1.29, 1.82) is 0 Å². The molecule has 1 amide bonds. The van der Waals surface area contributed by atoms with E-state index in [-0.39, 0.29) is 11.9 Å². The molecule has 0 radical (unpaired) electrons. The molecular formula is C15H22N2OS. The standard InChI is InChI=1S/C15H22N2OS/c1-10(2)19-13-7-5-12(6-8-13)15(18)17-9-14(16)11-3-4-11/h5-8,10-11,14H,3-4,9,16H2,1-2H3,(H,17,18). The number of amides is 1. The molecule has 0 heterocycles. The molecule has 0 spiro atoms. The van der Waals surface area contributed by atoms with Crippen molar-refractivity contribution in [3.05, 3.63) is 29.8 Å². The van der Waals surface area contributed by atoms with Crippen molar-refractivity contribution in [2.24, 2.45) is 11.7 Å². The molecule has 1 aromatic rings. The Balaban J connectivity index is 1.84. The Bertz CT molecular complexity index is 426. The van der Waals surface area contributed by atoms with E-state index >= 15 is 0 Å². The number of carbonyl (C=O) groups is 1. The van der Waals surface area contributed by atoms with Crippen LogP contribution in [0.2, 0.25) is 0 Å². The number of thioether (sulfide) groups is 1. The van der Waals surface area contributed by atoms with Crippen molar-refractivity contribution in [1.82, 2.24) is 5.32 Å². The maximum absolute atomic E-state index is 12.0. The van der Waals surface area contributed by atoms with Crippen molar-refractivity contribution in [3.63, 3.8) is 0 Å². The molecule has 1 unspecified atom stereocenters. The zero-order chi connectivity index (χ0) is 13.8. The highest BCUT2D eigenvalue weighted by atomic mass is 32.2. The van der Waals surface area contributed by atoms with Crippen LogP contribution in [0.4, 0.5) is 0 Å². The maximum Gasteiger partial charge on any atom is 0.251 e. The van der Waals surface area contributed by atoms with Crippen LogP contribution in [0.1, 0.15) is 37.0 Å². The quantitative estimate of drug-likeness (QED) is 0.787. The van der Waals surface area contributed by atoms with Gasteiger partial charge in [-0.15, -0.1) is 11.8 Å². The van der Waals surface area contributed by atoms with Crippen LogP contribution < -0.4 is 11.1 Å². The molecule has 3 nitrogen and oxygen atoms in total. The van der Waals surface area contributed by atoms with Gasteiger partial charge in [-0.3, -0.25) is 4.79 Å². The molecule has 0 bridgehead atoms. The molecule has 0 aromatic heterocycles. The molecule has 0 aliphatic heterocycles. The Hall–Kier alpha value is -1.00. The first-order valence-corrected chi connectivity index (χ1v) is 7.74. The molecular weight excluding hydrogens is 256 g/mol. The predicted molar refractivity (Wildman–Crippen MR) is 80.5 cm³/mol. The van der Waals surface area contributed by atoms with E-state index in [0.717, 1.165) is 0 Å². The largest absolute Gasteiger partial charge is 0.350 e. The third-order valence-corrected chi connectivity index (χ3v) is 4.23. The Morgan fingerprint density at radius 1 is 1.37 bits per heavy atom. The van der Waals surface area contributed by atoms with E-state index in [4.69, 9.17) is 5.73 Å². The van der Waals surface area contributed by atoms with Crippen LogP contribution in [0.15, 0.2) is 29.2 Å². The molecule has 0 saturated heterocycles. The molecule has 1 atom stereocenters. The Labute approximate surface area is 119 Å². The van der Waals surface area contributed by atoms with Gasteiger partial charge in [0.2, 0.25) is 0 Å². The van der Waals surface area contributed by atoms with E-state index in [2.05, 4.69) is 19.2 Å². The average Bonchev–Trinajstić information content (AvgIpc) is 3.20. The number of carbonyl (C=O) groups excluding carboxylic acids is 1. The van der Waals surface area contributed by atoms with Gasteiger partial charge in [0.1, 0.15) is 0 Å². The Morgan fingerprint density at radius 2 is 2.00 bits per heavy atom. The van der Waals surface area contributed by atoms with Crippen LogP contribution in [0.3, 0.4) is 0 Å². The van der Waals surface area contributed by atoms with E-state index in [1.165, 1.54) is 17.7 Å². The first-order chi connectivity index (χ1) is 9.06. The van der Waals surface area contributed by atoms with Crippen molar-refractivity contribution >= 4 is 17.7 Å². The molecule has 1 aromatic carbocycles. The van der Waals surface area contributed by atoms with Crippen LogP contribution in [-0.2, 0) is 0 Å². The molecule has 1 saturated carbocycles. The monoisotopic (exact) mass is 278 g/mol. The molecule has 3 N–H and O–H groups in total. The molecule has 1 aliphatic carbocycles. The van der Waals surface area contributed by atoms with E-state index in [1.54, 1.807) is 11.8 Å². The van der Waals surface area contributed by atoms with Gasteiger partial charge in [-0.25, -0.2) is 0 Å². The van der Waals surface area contributed by atoms with Gasteiger partial charge >= 0.3 is 0 Å². The minimum Gasteiger partial charge on any atom is -0.350 e. The van der Waals surface area contributed by atoms with Gasteiger partial charge in [-0.2, -0.15) is 0 Å². The number of nitrogens with one attached hydrogen (secondary N) is 1. The highest BCUT2D eigenvalue weighted by Gasteiger charge is 2.28. The van der Waals surface area contributed by atoms with Gasteiger partial charge in [0.15, 0.2) is 0 Å². The fourth-order valence-corrected chi connectivity index (χ4v) is 2.80. The number of benzene rings is 1. The fourth-order valence-electron chi connectivity index (χ4n) is 1.96. The van der Waals surface area contributed by atoms with Crippen LogP contribution in [0.25, 0.3) is 0 Å². The summed E-state index contributed by atoms with van der Waals surface area (Å²) in [5.41, 5.74) is 6.67. The summed E-state index contributed by atoms with van der Waals surface area (Å²) in [6.45, 7) is 4.89. The second-order valence-electron chi connectivity index (χ2n) is 5.40. The molecule has 1 fully saturated rings. The van der Waals surface area contributed by atoms with Crippen LogP contribution in [-0.4, -0.2) is 23.7 Å². The summed E-state index contributed by atoms with van der Waals surface area (Å²) in [5.74, 6) is 0.585. The van der Waals surface area contributed by atoms with Gasteiger partial charge in [0.25, 0.3) is 5.91 Å². The summed E-state index contributed by atoms with van der Waals surface area (Å²) in [6.07, 6.45) is 2.41. The number of hydrogen-bond acceptors (Lipinski definition) is 3. The fraction of sp³-hybridized carbons (Fsp3) is 0.533. The number of hydrogen-bond donors (Lipinski definition) is 2. The summed E-state index contributed by atoms with van der Waals surface area (Å²) in [4.78, 5) is 13.1. The van der Waals surface area contributed by atoms with Crippen LogP contribution in [0, 0.1) is 5.92 Å². The van der Waals surface area contributed by atoms with Gasteiger partial charge in [0, 0.05) is 28.3 Å². The van der Waals surface area contributed by atoms with Gasteiger partial charge in [-0.05, 0) is 43.0 Å². The van der Waals surface area contributed by atoms with E-state index in [9.17, 15) is 4.79 Å². The summed E-state index contributed by atoms with van der Waals surface area (Å²) in [5, 5.41) is 3.46. The van der Waals surface area contributed by atoms with Crippen LogP contribution in [0.5, 0.6) is 0 Å². The third kappa shape index (κ3) is 4.55. The van der Waals surface area contributed by atoms with E-state index < -0.39 is 0 Å². The summed E-state index contributed by atoms with van der Waals surface area (Å²) >= 11 is 1.80. The zero-order valence-corrected chi connectivity index (χ0v) is 12.4. The normalized spacial score (nSPS) is 16.4. The second-order valence-corrected chi connectivity index (χ2v) is 7.05. The molecule has 2 rings (SSSR count). The van der Waals surface area contributed by atoms with Gasteiger partial charge in [-0.1, -0.05) is 13.8 Å². The molecule has 19 heavy (non-hydrogen) atoms. The van der Waals surface area contributed by atoms with E-state index in [1.807, 2.05) is 24.3 Å². The zero-order valence-electron chi connectivity index (χ0n) is 11.6. The Morgan fingerprint density at radius 3 is 2.53 bits per heavy atom. The van der Waals surface area contributed by atoms with E-state index in [0.29, 0.717) is 23.3 Å². The summed E-state index contributed by atoms with van der Waals surface area (Å²) in [6, 6.07) is 7.87. The Kier molecular flexibility index (Phi) is 4.88. The van der Waals surface area contributed by atoms with Gasteiger partial charge in [0.05, 0.1) is 0 Å². The smallest absolute Gasteiger partial charge is 0.251 e. The number of rotatable bonds is 6. The molecule has 4 heteroatoms. The first kappa shape index (κ1) is 14.4. The topological polar surface area (TPSA) is 55.1 Å². The predicted octanol–water partition coefficient (Wildman–Crippen LogP) is 2.65. The van der Waals surface area contributed by atoms with Crippen molar-refractivity contribution in [3.8, 4) is 0 Å². The minimum atomic E-state index is -0.0304. The van der Waals surface area contributed by atoms with Crippen LogP contribution >= 0.6 is 11.8 Å². The first-order valence-electron chi connectivity index (χ1n) is 6.86. The highest BCUT2D eigenvalue weighted by Crippen LogP contribution is 2.31. The summed E-state index contributed by atoms with van der Waals surface area (Å²) < 4.78 is 0. The second kappa shape index (κ2) is 6.44. The van der Waals surface area contributed by atoms with Crippen molar-refractivity contribution in [2.45, 2.75) is 42.9 Å². The average molecular weight is 278 g/mol. The van der Waals surface area contributed by atoms with Crippen molar-refractivity contribution in [2.75, 3.05) is 6.54 Å². The lowest BCUT2D eigenvalue weighted by Gasteiger charge is -2.12. The molecule has 1 aliphatic rings. The van der Waals surface area contributed by atoms with Gasteiger partial charge < -0.3 is 11.1 Å².